The van der Waals surface area contributed by atoms with Crippen molar-refractivity contribution in [3.05, 3.63) is 40.9 Å². The van der Waals surface area contributed by atoms with E-state index in [1.54, 1.807) is 12.1 Å². The number of rotatable bonds is 6. The zero-order valence-corrected chi connectivity index (χ0v) is 11.9. The number of ether oxygens (including phenoxy) is 1. The van der Waals surface area contributed by atoms with Crippen LogP contribution >= 0.6 is 15.9 Å². The molecule has 1 rings (SSSR count). The summed E-state index contributed by atoms with van der Waals surface area (Å²) >= 11 is 3.24. The van der Waals surface area contributed by atoms with Crippen molar-refractivity contribution in [3.8, 4) is 5.75 Å². The third kappa shape index (κ3) is 4.10. The first kappa shape index (κ1) is 15.2. The maximum atomic E-state index is 12.0. The molecule has 6 heteroatoms. The molecule has 1 atom stereocenters. The van der Waals surface area contributed by atoms with Crippen LogP contribution in [0.15, 0.2) is 35.3 Å². The molecule has 0 aromatic heterocycles. The van der Waals surface area contributed by atoms with E-state index in [4.69, 9.17) is 9.84 Å². The van der Waals surface area contributed by atoms with Crippen molar-refractivity contribution in [1.82, 2.24) is 5.32 Å². The molecule has 5 nitrogen and oxygen atoms in total. The van der Waals surface area contributed by atoms with Gasteiger partial charge in [-0.25, -0.2) is 4.79 Å². The Hall–Kier alpha value is -1.82. The molecule has 0 radical (unpaired) electrons. The van der Waals surface area contributed by atoms with Crippen LogP contribution in [0.5, 0.6) is 5.75 Å². The molecule has 0 aliphatic rings. The summed E-state index contributed by atoms with van der Waals surface area (Å²) in [6.45, 7) is 3.46. The molecule has 0 aliphatic carbocycles. The number of methoxy groups -OCH3 is 1. The number of hydrogen-bond acceptors (Lipinski definition) is 3. The number of carbonyl (C=O) groups excluding carboxylic acids is 1. The lowest BCUT2D eigenvalue weighted by molar-refractivity contribution is -0.139. The highest BCUT2D eigenvalue weighted by atomic mass is 79.9. The Bertz CT molecular complexity index is 501. The van der Waals surface area contributed by atoms with Gasteiger partial charge in [0.15, 0.2) is 0 Å². The van der Waals surface area contributed by atoms with Crippen molar-refractivity contribution in [2.24, 2.45) is 0 Å². The Morgan fingerprint density at radius 1 is 1.58 bits per heavy atom. The molecule has 0 aliphatic heterocycles. The molecule has 0 bridgehead atoms. The fraction of sp³-hybridized carbons (Fsp3) is 0.231. The molecule has 0 fully saturated rings. The highest BCUT2D eigenvalue weighted by Crippen LogP contribution is 2.22. The second-order valence-corrected chi connectivity index (χ2v) is 4.59. The molecule has 1 aromatic rings. The normalized spacial score (nSPS) is 11.5. The minimum atomic E-state index is -1.10. The number of carbonyl (C=O) groups is 2. The third-order valence-corrected chi connectivity index (χ3v) is 3.12. The maximum Gasteiger partial charge on any atom is 0.326 e. The average molecular weight is 328 g/mol. The van der Waals surface area contributed by atoms with Gasteiger partial charge in [-0.05, 0) is 40.5 Å². The lowest BCUT2D eigenvalue weighted by Crippen LogP contribution is -2.40. The first-order chi connectivity index (χ1) is 8.99. The van der Waals surface area contributed by atoms with Crippen LogP contribution in [0.25, 0.3) is 0 Å². The standard InChI is InChI=1S/C13H14BrNO4/c1-3-4-11(13(17)18)15-12(16)9-7-8(19-2)5-6-10(9)14/h3,5-7,11H,1,4H2,2H3,(H,15,16)(H,17,18). The minimum Gasteiger partial charge on any atom is -0.497 e. The Labute approximate surface area is 119 Å². The SMILES string of the molecule is C=CCC(NC(=O)c1cc(OC)ccc1Br)C(=O)O. The highest BCUT2D eigenvalue weighted by Gasteiger charge is 2.20. The first-order valence-corrected chi connectivity index (χ1v) is 6.27. The van der Waals surface area contributed by atoms with Crippen molar-refractivity contribution >= 4 is 27.8 Å². The summed E-state index contributed by atoms with van der Waals surface area (Å²) in [6.07, 6.45) is 1.60. The molecule has 2 N–H and O–H groups in total. The van der Waals surface area contributed by atoms with Crippen molar-refractivity contribution in [1.29, 1.82) is 0 Å². The van der Waals surface area contributed by atoms with E-state index in [1.165, 1.54) is 19.3 Å². The van der Waals surface area contributed by atoms with Crippen molar-refractivity contribution < 1.29 is 19.4 Å². The monoisotopic (exact) mass is 327 g/mol. The van der Waals surface area contributed by atoms with E-state index >= 15 is 0 Å². The topological polar surface area (TPSA) is 75.6 Å². The predicted molar refractivity (Wildman–Crippen MR) is 74.4 cm³/mol. The van der Waals surface area contributed by atoms with Gasteiger partial charge in [0.2, 0.25) is 0 Å². The van der Waals surface area contributed by atoms with Crippen LogP contribution in [-0.2, 0) is 4.79 Å². The van der Waals surface area contributed by atoms with Gasteiger partial charge in [-0.1, -0.05) is 6.08 Å². The molecule has 1 aromatic carbocycles. The third-order valence-electron chi connectivity index (χ3n) is 2.42. The summed E-state index contributed by atoms with van der Waals surface area (Å²) in [5, 5.41) is 11.4. The van der Waals surface area contributed by atoms with Gasteiger partial charge >= 0.3 is 5.97 Å². The van der Waals surface area contributed by atoms with Gasteiger partial charge in [0.25, 0.3) is 5.91 Å². The van der Waals surface area contributed by atoms with Crippen molar-refractivity contribution in [2.45, 2.75) is 12.5 Å². The van der Waals surface area contributed by atoms with Gasteiger partial charge in [0.1, 0.15) is 11.8 Å². The minimum absolute atomic E-state index is 0.155. The number of carboxylic acids is 1. The summed E-state index contributed by atoms with van der Waals surface area (Å²) < 4.78 is 5.59. The Morgan fingerprint density at radius 2 is 2.26 bits per heavy atom. The van der Waals surface area contributed by atoms with E-state index < -0.39 is 17.9 Å². The smallest absolute Gasteiger partial charge is 0.326 e. The second kappa shape index (κ2) is 6.94. The summed E-state index contributed by atoms with van der Waals surface area (Å²) in [5.74, 6) is -1.07. The Morgan fingerprint density at radius 3 is 2.79 bits per heavy atom. The van der Waals surface area contributed by atoms with E-state index in [9.17, 15) is 9.59 Å². The van der Waals surface area contributed by atoms with Crippen LogP contribution in [0.2, 0.25) is 0 Å². The van der Waals surface area contributed by atoms with Gasteiger partial charge < -0.3 is 15.2 Å². The van der Waals surface area contributed by atoms with Crippen LogP contribution in [0.3, 0.4) is 0 Å². The number of amides is 1. The molecule has 1 amide bonds. The zero-order chi connectivity index (χ0) is 14.4. The molecule has 19 heavy (non-hydrogen) atoms. The lowest BCUT2D eigenvalue weighted by atomic mass is 10.1. The van der Waals surface area contributed by atoms with Gasteiger partial charge in [-0.15, -0.1) is 6.58 Å². The molecule has 102 valence electrons. The van der Waals surface area contributed by atoms with Crippen LogP contribution in [0.1, 0.15) is 16.8 Å². The van der Waals surface area contributed by atoms with Gasteiger partial charge in [0, 0.05) is 4.47 Å². The van der Waals surface area contributed by atoms with Gasteiger partial charge in [-0.3, -0.25) is 4.79 Å². The number of carboxylic acid groups (broad SMARTS) is 1. The van der Waals surface area contributed by atoms with Crippen LogP contribution in [0.4, 0.5) is 0 Å². The van der Waals surface area contributed by atoms with E-state index in [2.05, 4.69) is 27.8 Å². The Kier molecular flexibility index (Phi) is 5.57. The summed E-state index contributed by atoms with van der Waals surface area (Å²) in [4.78, 5) is 23.0. The Balaban J connectivity index is 2.93. The van der Waals surface area contributed by atoms with Crippen molar-refractivity contribution in [3.63, 3.8) is 0 Å². The molecular formula is C13H14BrNO4. The predicted octanol–water partition coefficient (Wildman–Crippen LogP) is 2.22. The van der Waals surface area contributed by atoms with Gasteiger partial charge in [-0.2, -0.15) is 0 Å². The molecule has 0 heterocycles. The van der Waals surface area contributed by atoms with Crippen molar-refractivity contribution in [2.75, 3.05) is 7.11 Å². The highest BCUT2D eigenvalue weighted by molar-refractivity contribution is 9.10. The van der Waals surface area contributed by atoms with E-state index in [1.807, 2.05) is 0 Å². The molecule has 1 unspecified atom stereocenters. The molecule has 0 saturated heterocycles. The molecule has 0 spiro atoms. The van der Waals surface area contributed by atoms with Crippen LogP contribution < -0.4 is 10.1 Å². The van der Waals surface area contributed by atoms with E-state index in [0.29, 0.717) is 15.8 Å². The van der Waals surface area contributed by atoms with E-state index in [-0.39, 0.29) is 6.42 Å². The number of aliphatic carboxylic acids is 1. The number of nitrogens with one attached hydrogen (secondary N) is 1. The maximum absolute atomic E-state index is 12.0. The molecule has 0 saturated carbocycles. The quantitative estimate of drug-likeness (QED) is 0.785. The average Bonchev–Trinajstić information content (AvgIpc) is 2.38. The fourth-order valence-electron chi connectivity index (χ4n) is 1.43. The van der Waals surface area contributed by atoms with Gasteiger partial charge in [0.05, 0.1) is 12.7 Å². The first-order valence-electron chi connectivity index (χ1n) is 5.47. The molecular weight excluding hydrogens is 314 g/mol. The largest absolute Gasteiger partial charge is 0.497 e. The van der Waals surface area contributed by atoms with E-state index in [0.717, 1.165) is 0 Å². The van der Waals surface area contributed by atoms with Crippen LogP contribution in [0, 0.1) is 0 Å². The number of benzene rings is 1. The summed E-state index contributed by atoms with van der Waals surface area (Å²) in [7, 11) is 1.49. The summed E-state index contributed by atoms with van der Waals surface area (Å²) in [6, 6.07) is 3.89. The second-order valence-electron chi connectivity index (χ2n) is 3.73. The van der Waals surface area contributed by atoms with Crippen LogP contribution in [-0.4, -0.2) is 30.1 Å². The number of halogens is 1. The fourth-order valence-corrected chi connectivity index (χ4v) is 1.86. The number of hydrogen-bond donors (Lipinski definition) is 2. The lowest BCUT2D eigenvalue weighted by Gasteiger charge is -2.13. The summed E-state index contributed by atoms with van der Waals surface area (Å²) in [5.41, 5.74) is 0.315. The zero-order valence-electron chi connectivity index (χ0n) is 10.4.